The van der Waals surface area contributed by atoms with Crippen molar-refractivity contribution in [2.75, 3.05) is 62.3 Å². The van der Waals surface area contributed by atoms with Gasteiger partial charge in [-0.15, -0.1) is 0 Å². The Hall–Kier alpha value is -4.92. The van der Waals surface area contributed by atoms with Crippen LogP contribution in [0, 0.1) is 6.57 Å². The van der Waals surface area contributed by atoms with Crippen LogP contribution in [0.15, 0.2) is 72.8 Å². The fraction of sp³-hybridized carbons (Fsp3) is 0.421. The first kappa shape index (κ1) is 31.4. The summed E-state index contributed by atoms with van der Waals surface area (Å²) in [5, 5.41) is 6.05. The van der Waals surface area contributed by atoms with Gasteiger partial charge in [-0.3, -0.25) is 4.90 Å². The summed E-state index contributed by atoms with van der Waals surface area (Å²) in [5.41, 5.74) is 4.31. The average Bonchev–Trinajstić information content (AvgIpc) is 3.91. The third-order valence-electron chi connectivity index (χ3n) is 10.2. The van der Waals surface area contributed by atoms with Crippen molar-refractivity contribution in [1.82, 2.24) is 20.2 Å². The molecule has 3 aliphatic heterocycles. The van der Waals surface area contributed by atoms with Gasteiger partial charge < -0.3 is 34.2 Å². The molecule has 8 rings (SSSR count). The lowest BCUT2D eigenvalue weighted by Gasteiger charge is -2.40. The van der Waals surface area contributed by atoms with Crippen molar-refractivity contribution in [2.24, 2.45) is 0 Å². The van der Waals surface area contributed by atoms with Crippen LogP contribution in [0.1, 0.15) is 29.7 Å². The highest BCUT2D eigenvalue weighted by Gasteiger charge is 2.46. The van der Waals surface area contributed by atoms with Gasteiger partial charge in [-0.1, -0.05) is 66.7 Å². The van der Waals surface area contributed by atoms with E-state index in [0.29, 0.717) is 45.4 Å². The standard InChI is InChI=1S/C38H41N7O4/c1-39-20-29-22-44(18-19-45(29)37(46)48-24-27-8-3-2-4-9-27)35-32-14-17-43(34-13-7-11-28-10-5-6-12-31(28)34)23-33(32)41-36(42-35)47-25-30-21-40-38(15-16-38)26-49-30/h2-13,29-30,40H,14-26H2/t29-,30+/m0/s1. The van der Waals surface area contributed by atoms with Crippen LogP contribution in [0.2, 0.25) is 0 Å². The second kappa shape index (κ2) is 13.5. The van der Waals surface area contributed by atoms with E-state index >= 15 is 0 Å². The van der Waals surface area contributed by atoms with Gasteiger partial charge >= 0.3 is 12.1 Å². The monoisotopic (exact) mass is 659 g/mol. The zero-order valence-corrected chi connectivity index (χ0v) is 27.6. The third kappa shape index (κ3) is 6.71. The van der Waals surface area contributed by atoms with Crippen molar-refractivity contribution in [2.45, 2.75) is 50.1 Å². The summed E-state index contributed by atoms with van der Waals surface area (Å²) in [6.45, 7) is 12.7. The van der Waals surface area contributed by atoms with E-state index in [1.54, 1.807) is 4.90 Å². The van der Waals surface area contributed by atoms with Gasteiger partial charge in [0.15, 0.2) is 0 Å². The maximum absolute atomic E-state index is 13.2. The number of hydrogen-bond donors (Lipinski definition) is 1. The second-order valence-electron chi connectivity index (χ2n) is 13.5. The van der Waals surface area contributed by atoms with E-state index in [1.807, 2.05) is 30.3 Å². The van der Waals surface area contributed by atoms with Crippen molar-refractivity contribution in [1.29, 1.82) is 0 Å². The van der Waals surface area contributed by atoms with Crippen LogP contribution < -0.4 is 19.9 Å². The molecule has 1 aromatic heterocycles. The summed E-state index contributed by atoms with van der Waals surface area (Å²) in [4.78, 5) is 33.2. The number of amides is 1. The Labute approximate surface area is 286 Å². The summed E-state index contributed by atoms with van der Waals surface area (Å²) in [6, 6.07) is 24.5. The van der Waals surface area contributed by atoms with Gasteiger partial charge in [0.25, 0.3) is 0 Å². The van der Waals surface area contributed by atoms with Gasteiger partial charge in [-0.25, -0.2) is 11.4 Å². The number of nitrogens with zero attached hydrogens (tertiary/aromatic N) is 6. The number of carbonyl (C=O) groups excluding carboxylic acids is 1. The number of rotatable bonds is 8. The molecule has 1 N–H and O–H groups in total. The topological polar surface area (TPSA) is 96.6 Å². The molecular weight excluding hydrogens is 618 g/mol. The number of benzene rings is 3. The van der Waals surface area contributed by atoms with E-state index in [0.717, 1.165) is 55.0 Å². The van der Waals surface area contributed by atoms with Gasteiger partial charge in [-0.2, -0.15) is 9.97 Å². The van der Waals surface area contributed by atoms with Crippen LogP contribution >= 0.6 is 0 Å². The van der Waals surface area contributed by atoms with Crippen LogP contribution in [0.4, 0.5) is 16.3 Å². The molecule has 1 aliphatic carbocycles. The van der Waals surface area contributed by atoms with Gasteiger partial charge in [0, 0.05) is 54.9 Å². The first-order valence-corrected chi connectivity index (χ1v) is 17.2. The molecule has 3 aromatic carbocycles. The van der Waals surface area contributed by atoms with Gasteiger partial charge in [-0.05, 0) is 36.3 Å². The first-order valence-electron chi connectivity index (χ1n) is 17.2. The lowest BCUT2D eigenvalue weighted by Crippen LogP contribution is -2.57. The summed E-state index contributed by atoms with van der Waals surface area (Å²) in [7, 11) is 0. The zero-order chi connectivity index (χ0) is 33.2. The first-order chi connectivity index (χ1) is 24.1. The Morgan fingerprint density at radius 2 is 1.84 bits per heavy atom. The molecule has 1 amide bonds. The number of fused-ring (bicyclic) bond motifs is 2. The Balaban J connectivity index is 1.04. The van der Waals surface area contributed by atoms with Crippen molar-refractivity contribution in [3.8, 4) is 6.01 Å². The molecule has 4 aromatic rings. The molecule has 4 aliphatic rings. The minimum atomic E-state index is -0.398. The fourth-order valence-corrected chi connectivity index (χ4v) is 7.22. The molecule has 252 valence electrons. The molecule has 2 atom stereocenters. The summed E-state index contributed by atoms with van der Waals surface area (Å²) < 4.78 is 18.1. The molecule has 1 saturated carbocycles. The molecule has 11 nitrogen and oxygen atoms in total. The lowest BCUT2D eigenvalue weighted by molar-refractivity contribution is -0.0274. The molecule has 0 radical (unpaired) electrons. The SMILES string of the molecule is [C-]#[N+]C[C@H]1CN(c2nc(OC[C@H]3CNC4(CC4)CO3)nc3c2CCN(c2cccc4ccccc24)C3)CCN1C(=O)OCc1ccccc1. The lowest BCUT2D eigenvalue weighted by atomic mass is 10.0. The number of nitrogens with one attached hydrogen (secondary N) is 1. The highest BCUT2D eigenvalue weighted by molar-refractivity contribution is 5.94. The maximum atomic E-state index is 13.2. The van der Waals surface area contributed by atoms with Crippen LogP contribution in [-0.4, -0.2) is 91.1 Å². The molecule has 0 bridgehead atoms. The third-order valence-corrected chi connectivity index (χ3v) is 10.2. The Morgan fingerprint density at radius 3 is 2.65 bits per heavy atom. The van der Waals surface area contributed by atoms with Crippen LogP contribution in [0.25, 0.3) is 15.6 Å². The number of piperazine rings is 1. The van der Waals surface area contributed by atoms with Crippen LogP contribution in [0.5, 0.6) is 6.01 Å². The Kier molecular flexibility index (Phi) is 8.66. The fourth-order valence-electron chi connectivity index (χ4n) is 7.22. The number of morpholine rings is 1. The molecule has 1 spiro atoms. The maximum Gasteiger partial charge on any atom is 0.410 e. The number of hydrogen-bond acceptors (Lipinski definition) is 9. The number of aromatic nitrogens is 2. The predicted octanol–water partition coefficient (Wildman–Crippen LogP) is 4.84. The zero-order valence-electron chi connectivity index (χ0n) is 27.6. The van der Waals surface area contributed by atoms with E-state index in [-0.39, 0.29) is 30.8 Å². The van der Waals surface area contributed by atoms with E-state index in [4.69, 9.17) is 30.8 Å². The van der Waals surface area contributed by atoms with Crippen molar-refractivity contribution in [3.63, 3.8) is 0 Å². The van der Waals surface area contributed by atoms with Crippen molar-refractivity contribution < 1.29 is 19.0 Å². The highest BCUT2D eigenvalue weighted by Crippen LogP contribution is 2.38. The van der Waals surface area contributed by atoms with Gasteiger partial charge in [0.2, 0.25) is 6.54 Å². The molecule has 3 fully saturated rings. The molecule has 11 heteroatoms. The number of anilines is 2. The number of carbonyl (C=O) groups is 1. The van der Waals surface area contributed by atoms with Crippen molar-refractivity contribution >= 4 is 28.4 Å². The van der Waals surface area contributed by atoms with E-state index in [1.165, 1.54) is 16.5 Å². The molecule has 4 heterocycles. The second-order valence-corrected chi connectivity index (χ2v) is 13.5. The van der Waals surface area contributed by atoms with Crippen LogP contribution in [-0.2, 0) is 29.0 Å². The Bertz CT molecular complexity index is 1850. The smallest absolute Gasteiger partial charge is 0.410 e. The molecule has 2 saturated heterocycles. The summed E-state index contributed by atoms with van der Waals surface area (Å²) in [6.07, 6.45) is 2.62. The van der Waals surface area contributed by atoms with Gasteiger partial charge in [0.05, 0.1) is 18.8 Å². The molecule has 0 unspecified atom stereocenters. The van der Waals surface area contributed by atoms with E-state index < -0.39 is 6.09 Å². The Morgan fingerprint density at radius 1 is 1.00 bits per heavy atom. The van der Waals surface area contributed by atoms with Crippen LogP contribution in [0.3, 0.4) is 0 Å². The highest BCUT2D eigenvalue weighted by atomic mass is 16.6. The summed E-state index contributed by atoms with van der Waals surface area (Å²) >= 11 is 0. The van der Waals surface area contributed by atoms with E-state index in [2.05, 4.69) is 62.4 Å². The molecular formula is C38H41N7O4. The average molecular weight is 660 g/mol. The van der Waals surface area contributed by atoms with E-state index in [9.17, 15) is 4.79 Å². The van der Waals surface area contributed by atoms with Gasteiger partial charge in [0.1, 0.15) is 31.2 Å². The predicted molar refractivity (Wildman–Crippen MR) is 187 cm³/mol. The number of ether oxygens (including phenoxy) is 3. The molecule has 49 heavy (non-hydrogen) atoms. The minimum absolute atomic E-state index is 0.0741. The summed E-state index contributed by atoms with van der Waals surface area (Å²) in [5.74, 6) is 0.824. The normalized spacial score (nSPS) is 21.2. The van der Waals surface area contributed by atoms with Crippen molar-refractivity contribution in [3.05, 3.63) is 101 Å². The minimum Gasteiger partial charge on any atom is -0.461 e. The largest absolute Gasteiger partial charge is 0.461 e. The quantitative estimate of drug-likeness (QED) is 0.267.